The van der Waals surface area contributed by atoms with E-state index in [9.17, 15) is 0 Å². The standard InChI is InChI=1S/C16H20N2S/c1-9-3-6-14-15(10(9)2)18-16(19-14)11-7-12-4-5-13(8-11)17-12/h3,6,11-13,17H,4-5,7-8H2,1-2H3. The Morgan fingerprint density at radius 1 is 1.16 bits per heavy atom. The largest absolute Gasteiger partial charge is 0.311 e. The Morgan fingerprint density at radius 3 is 2.63 bits per heavy atom. The van der Waals surface area contributed by atoms with Crippen molar-refractivity contribution in [1.29, 1.82) is 0 Å². The summed E-state index contributed by atoms with van der Waals surface area (Å²) in [5, 5.41) is 5.10. The zero-order valence-corrected chi connectivity index (χ0v) is 12.4. The van der Waals surface area contributed by atoms with Crippen LogP contribution in [0.15, 0.2) is 12.1 Å². The third-order valence-corrected chi connectivity index (χ3v) is 6.11. The van der Waals surface area contributed by atoms with E-state index >= 15 is 0 Å². The van der Waals surface area contributed by atoms with E-state index in [1.807, 2.05) is 11.3 Å². The van der Waals surface area contributed by atoms with E-state index in [2.05, 4.69) is 31.3 Å². The molecular formula is C16H20N2S. The predicted molar refractivity (Wildman–Crippen MR) is 81.0 cm³/mol. The van der Waals surface area contributed by atoms with Crippen LogP contribution in [-0.4, -0.2) is 17.1 Å². The Labute approximate surface area is 118 Å². The van der Waals surface area contributed by atoms with Gasteiger partial charge in [0.05, 0.1) is 15.2 Å². The van der Waals surface area contributed by atoms with Crippen LogP contribution in [0.4, 0.5) is 0 Å². The number of hydrogen-bond acceptors (Lipinski definition) is 3. The summed E-state index contributed by atoms with van der Waals surface area (Å²) in [5.74, 6) is 0.691. The molecule has 0 saturated carbocycles. The van der Waals surface area contributed by atoms with E-state index in [1.165, 1.54) is 52.0 Å². The molecule has 2 fully saturated rings. The van der Waals surface area contributed by atoms with Crippen LogP contribution in [0.3, 0.4) is 0 Å². The Hall–Kier alpha value is -0.930. The molecule has 2 nitrogen and oxygen atoms in total. The lowest BCUT2D eigenvalue weighted by molar-refractivity contribution is 0.363. The second-order valence-corrected chi connectivity index (χ2v) is 7.27. The second-order valence-electron chi connectivity index (χ2n) is 6.21. The summed E-state index contributed by atoms with van der Waals surface area (Å²) >= 11 is 1.92. The first-order valence-corrected chi connectivity index (χ1v) is 8.15. The third kappa shape index (κ3) is 1.91. The van der Waals surface area contributed by atoms with Crippen molar-refractivity contribution >= 4 is 21.6 Å². The highest BCUT2D eigenvalue weighted by molar-refractivity contribution is 7.18. The minimum absolute atomic E-state index is 0.691. The van der Waals surface area contributed by atoms with E-state index in [-0.39, 0.29) is 0 Å². The topological polar surface area (TPSA) is 24.9 Å². The lowest BCUT2D eigenvalue weighted by Crippen LogP contribution is -2.37. The minimum Gasteiger partial charge on any atom is -0.311 e. The van der Waals surface area contributed by atoms with Crippen molar-refractivity contribution in [2.75, 3.05) is 0 Å². The summed E-state index contributed by atoms with van der Waals surface area (Å²) in [5.41, 5.74) is 3.96. The molecule has 0 spiro atoms. The summed E-state index contributed by atoms with van der Waals surface area (Å²) in [6.07, 6.45) is 5.30. The maximum absolute atomic E-state index is 4.98. The number of fused-ring (bicyclic) bond motifs is 3. The van der Waals surface area contributed by atoms with Gasteiger partial charge in [-0.25, -0.2) is 4.98 Å². The fraction of sp³-hybridized carbons (Fsp3) is 0.562. The molecule has 2 bridgehead atoms. The molecule has 4 rings (SSSR count). The van der Waals surface area contributed by atoms with Crippen LogP contribution in [0.2, 0.25) is 0 Å². The Morgan fingerprint density at radius 2 is 1.89 bits per heavy atom. The van der Waals surface area contributed by atoms with Crippen LogP contribution in [0.1, 0.15) is 47.7 Å². The maximum atomic E-state index is 4.98. The van der Waals surface area contributed by atoms with Gasteiger partial charge in [0, 0.05) is 18.0 Å². The van der Waals surface area contributed by atoms with Gasteiger partial charge in [0.2, 0.25) is 0 Å². The van der Waals surface area contributed by atoms with Gasteiger partial charge in [-0.15, -0.1) is 11.3 Å². The van der Waals surface area contributed by atoms with Gasteiger partial charge < -0.3 is 5.32 Å². The third-order valence-electron chi connectivity index (χ3n) is 4.92. The van der Waals surface area contributed by atoms with E-state index in [0.29, 0.717) is 5.92 Å². The number of nitrogens with one attached hydrogen (secondary N) is 1. The fourth-order valence-electron chi connectivity index (χ4n) is 3.68. The van der Waals surface area contributed by atoms with Crippen molar-refractivity contribution in [2.24, 2.45) is 0 Å². The van der Waals surface area contributed by atoms with E-state index in [4.69, 9.17) is 4.98 Å². The number of thiazole rings is 1. The van der Waals surface area contributed by atoms with Gasteiger partial charge in [-0.1, -0.05) is 6.07 Å². The van der Waals surface area contributed by atoms with Crippen LogP contribution in [-0.2, 0) is 0 Å². The summed E-state index contributed by atoms with van der Waals surface area (Å²) in [6, 6.07) is 5.97. The van der Waals surface area contributed by atoms with Crippen LogP contribution in [0.25, 0.3) is 10.2 Å². The fourth-order valence-corrected chi connectivity index (χ4v) is 4.83. The molecule has 2 saturated heterocycles. The van der Waals surface area contributed by atoms with Crippen molar-refractivity contribution < 1.29 is 0 Å². The first kappa shape index (κ1) is 11.9. The highest BCUT2D eigenvalue weighted by Gasteiger charge is 2.35. The van der Waals surface area contributed by atoms with Crippen LogP contribution < -0.4 is 5.32 Å². The average molecular weight is 272 g/mol. The minimum atomic E-state index is 0.691. The number of aromatic nitrogens is 1. The van der Waals surface area contributed by atoms with Crippen molar-refractivity contribution in [1.82, 2.24) is 10.3 Å². The molecule has 1 aromatic carbocycles. The zero-order chi connectivity index (χ0) is 13.0. The molecule has 0 aliphatic carbocycles. The molecule has 3 heteroatoms. The second kappa shape index (κ2) is 4.29. The SMILES string of the molecule is Cc1ccc2sc(C3CC4CCC(C3)N4)nc2c1C. The van der Waals surface area contributed by atoms with Gasteiger partial charge in [-0.05, 0) is 56.7 Å². The summed E-state index contributed by atoms with van der Waals surface area (Å²) in [4.78, 5) is 4.98. The van der Waals surface area contributed by atoms with E-state index in [1.54, 1.807) is 0 Å². The molecule has 2 aromatic rings. The summed E-state index contributed by atoms with van der Waals surface area (Å²) in [6.45, 7) is 4.38. The predicted octanol–water partition coefficient (Wildman–Crippen LogP) is 3.91. The number of nitrogens with zero attached hydrogens (tertiary/aromatic N) is 1. The average Bonchev–Trinajstić information content (AvgIpc) is 2.98. The molecule has 0 radical (unpaired) electrons. The van der Waals surface area contributed by atoms with Crippen molar-refractivity contribution in [2.45, 2.75) is 57.5 Å². The molecular weight excluding hydrogens is 252 g/mol. The Kier molecular flexibility index (Phi) is 2.68. The van der Waals surface area contributed by atoms with Gasteiger partial charge in [-0.3, -0.25) is 0 Å². The first-order valence-electron chi connectivity index (χ1n) is 7.33. The van der Waals surface area contributed by atoms with Gasteiger partial charge in [0.25, 0.3) is 0 Å². The molecule has 0 amide bonds. The van der Waals surface area contributed by atoms with Crippen LogP contribution in [0, 0.1) is 13.8 Å². The molecule has 2 aliphatic rings. The molecule has 2 unspecified atom stereocenters. The van der Waals surface area contributed by atoms with Gasteiger partial charge >= 0.3 is 0 Å². The number of aryl methyl sites for hydroxylation is 2. The molecule has 1 aromatic heterocycles. The number of piperidine rings is 1. The zero-order valence-electron chi connectivity index (χ0n) is 11.6. The number of benzene rings is 1. The highest BCUT2D eigenvalue weighted by Crippen LogP contribution is 2.40. The van der Waals surface area contributed by atoms with Crippen LogP contribution >= 0.6 is 11.3 Å². The Balaban J connectivity index is 1.73. The molecule has 2 aliphatic heterocycles. The van der Waals surface area contributed by atoms with Gasteiger partial charge in [-0.2, -0.15) is 0 Å². The van der Waals surface area contributed by atoms with Gasteiger partial charge in [0.15, 0.2) is 0 Å². The molecule has 2 atom stereocenters. The molecule has 19 heavy (non-hydrogen) atoms. The normalized spacial score (nSPS) is 30.1. The quantitative estimate of drug-likeness (QED) is 0.851. The summed E-state index contributed by atoms with van der Waals surface area (Å²) in [7, 11) is 0. The van der Waals surface area contributed by atoms with Crippen molar-refractivity contribution in [3.8, 4) is 0 Å². The lowest BCUT2D eigenvalue weighted by atomic mass is 9.93. The first-order chi connectivity index (χ1) is 9.20. The number of hydrogen-bond donors (Lipinski definition) is 1. The van der Waals surface area contributed by atoms with Gasteiger partial charge in [0.1, 0.15) is 0 Å². The molecule has 3 heterocycles. The Bertz CT molecular complexity index is 619. The lowest BCUT2D eigenvalue weighted by Gasteiger charge is -2.27. The van der Waals surface area contributed by atoms with E-state index < -0.39 is 0 Å². The van der Waals surface area contributed by atoms with Crippen molar-refractivity contribution in [3.63, 3.8) is 0 Å². The van der Waals surface area contributed by atoms with Crippen molar-refractivity contribution in [3.05, 3.63) is 28.3 Å². The van der Waals surface area contributed by atoms with Crippen LogP contribution in [0.5, 0.6) is 0 Å². The van der Waals surface area contributed by atoms with E-state index in [0.717, 1.165) is 12.1 Å². The maximum Gasteiger partial charge on any atom is 0.0970 e. The monoisotopic (exact) mass is 272 g/mol. The summed E-state index contributed by atoms with van der Waals surface area (Å²) < 4.78 is 1.36. The number of rotatable bonds is 1. The molecule has 100 valence electrons. The molecule has 1 N–H and O–H groups in total. The highest BCUT2D eigenvalue weighted by atomic mass is 32.1. The smallest absolute Gasteiger partial charge is 0.0970 e.